The molecule has 14 heavy (non-hydrogen) atoms. The third kappa shape index (κ3) is 1.61. The van der Waals surface area contributed by atoms with Crippen LogP contribution in [0.2, 0.25) is 5.02 Å². The fourth-order valence-electron chi connectivity index (χ4n) is 1.58. The highest BCUT2D eigenvalue weighted by atomic mass is 35.5. The van der Waals surface area contributed by atoms with Crippen molar-refractivity contribution >= 4 is 23.2 Å². The molecule has 0 spiro atoms. The standard InChI is InChI=1S/C10H11ClN2O/c11-7-1-3-8(4-2-7)13-6-5-9(12)10(13)14/h1-4,9H,5-6,12H2. The Morgan fingerprint density at radius 3 is 2.50 bits per heavy atom. The van der Waals surface area contributed by atoms with E-state index in [-0.39, 0.29) is 11.9 Å². The molecule has 1 saturated heterocycles. The molecule has 1 fully saturated rings. The van der Waals surface area contributed by atoms with E-state index in [9.17, 15) is 4.79 Å². The molecule has 0 aromatic heterocycles. The van der Waals surface area contributed by atoms with Gasteiger partial charge in [-0.25, -0.2) is 0 Å². The summed E-state index contributed by atoms with van der Waals surface area (Å²) in [5, 5.41) is 0.671. The lowest BCUT2D eigenvalue weighted by molar-refractivity contribution is -0.118. The van der Waals surface area contributed by atoms with Crippen LogP contribution in [0, 0.1) is 0 Å². The zero-order valence-electron chi connectivity index (χ0n) is 7.61. The van der Waals surface area contributed by atoms with Crippen molar-refractivity contribution in [1.29, 1.82) is 0 Å². The van der Waals surface area contributed by atoms with Crippen molar-refractivity contribution in [3.05, 3.63) is 29.3 Å². The van der Waals surface area contributed by atoms with Gasteiger partial charge in [0.25, 0.3) is 0 Å². The van der Waals surface area contributed by atoms with E-state index in [1.54, 1.807) is 17.0 Å². The van der Waals surface area contributed by atoms with E-state index in [1.165, 1.54) is 0 Å². The van der Waals surface area contributed by atoms with Gasteiger partial charge in [-0.15, -0.1) is 0 Å². The van der Waals surface area contributed by atoms with Crippen LogP contribution in [-0.2, 0) is 4.79 Å². The van der Waals surface area contributed by atoms with Gasteiger partial charge < -0.3 is 10.6 Å². The Bertz CT molecular complexity index is 350. The second kappa shape index (κ2) is 3.59. The number of benzene rings is 1. The maximum Gasteiger partial charge on any atom is 0.243 e. The normalized spacial score (nSPS) is 21.7. The van der Waals surface area contributed by atoms with Gasteiger partial charge in [0.2, 0.25) is 5.91 Å². The van der Waals surface area contributed by atoms with E-state index in [2.05, 4.69) is 0 Å². The fourth-order valence-corrected chi connectivity index (χ4v) is 1.71. The summed E-state index contributed by atoms with van der Waals surface area (Å²) in [5.74, 6) is -0.00711. The van der Waals surface area contributed by atoms with Gasteiger partial charge in [-0.05, 0) is 30.7 Å². The molecule has 0 bridgehead atoms. The number of halogens is 1. The van der Waals surface area contributed by atoms with E-state index in [0.29, 0.717) is 11.6 Å². The molecule has 1 aromatic rings. The van der Waals surface area contributed by atoms with Gasteiger partial charge >= 0.3 is 0 Å². The van der Waals surface area contributed by atoms with Crippen molar-refractivity contribution in [1.82, 2.24) is 0 Å². The van der Waals surface area contributed by atoms with Gasteiger partial charge in [-0.1, -0.05) is 11.6 Å². The number of carbonyl (C=O) groups is 1. The molecule has 4 heteroatoms. The number of hydrogen-bond donors (Lipinski definition) is 1. The number of rotatable bonds is 1. The van der Waals surface area contributed by atoms with Crippen LogP contribution >= 0.6 is 11.6 Å². The Morgan fingerprint density at radius 1 is 1.36 bits per heavy atom. The largest absolute Gasteiger partial charge is 0.320 e. The van der Waals surface area contributed by atoms with Crippen molar-refractivity contribution in [2.75, 3.05) is 11.4 Å². The lowest BCUT2D eigenvalue weighted by Crippen LogP contribution is -2.33. The third-order valence-electron chi connectivity index (χ3n) is 2.39. The van der Waals surface area contributed by atoms with Crippen LogP contribution in [-0.4, -0.2) is 18.5 Å². The number of nitrogens with zero attached hydrogens (tertiary/aromatic N) is 1. The third-order valence-corrected chi connectivity index (χ3v) is 2.64. The molecule has 1 aliphatic rings. The predicted molar refractivity (Wildman–Crippen MR) is 56.4 cm³/mol. The first-order valence-electron chi connectivity index (χ1n) is 4.51. The van der Waals surface area contributed by atoms with E-state index in [0.717, 1.165) is 12.1 Å². The van der Waals surface area contributed by atoms with Crippen molar-refractivity contribution < 1.29 is 4.79 Å². The van der Waals surface area contributed by atoms with Gasteiger partial charge in [0.15, 0.2) is 0 Å². The molecule has 1 amide bonds. The minimum atomic E-state index is -0.342. The number of carbonyl (C=O) groups excluding carboxylic acids is 1. The Hall–Kier alpha value is -1.06. The number of hydrogen-bond acceptors (Lipinski definition) is 2. The zero-order chi connectivity index (χ0) is 10.1. The van der Waals surface area contributed by atoms with Gasteiger partial charge in [0, 0.05) is 17.3 Å². The molecule has 1 aliphatic heterocycles. The molecular formula is C10H11ClN2O. The summed E-state index contributed by atoms with van der Waals surface area (Å²) in [4.78, 5) is 13.3. The molecule has 2 N–H and O–H groups in total. The quantitative estimate of drug-likeness (QED) is 0.762. The molecule has 1 aromatic carbocycles. The Balaban J connectivity index is 2.24. The first kappa shape index (κ1) is 9.49. The summed E-state index contributed by atoms with van der Waals surface area (Å²) in [6.07, 6.45) is 0.724. The number of anilines is 1. The maximum atomic E-state index is 11.6. The monoisotopic (exact) mass is 210 g/mol. The van der Waals surface area contributed by atoms with Crippen LogP contribution in [0.4, 0.5) is 5.69 Å². The van der Waals surface area contributed by atoms with Crippen molar-refractivity contribution in [3.63, 3.8) is 0 Å². The smallest absolute Gasteiger partial charge is 0.243 e. The van der Waals surface area contributed by atoms with Gasteiger partial charge in [0.05, 0.1) is 6.04 Å². The van der Waals surface area contributed by atoms with Crippen molar-refractivity contribution in [3.8, 4) is 0 Å². The highest BCUT2D eigenvalue weighted by Gasteiger charge is 2.29. The van der Waals surface area contributed by atoms with Crippen LogP contribution in [0.5, 0.6) is 0 Å². The van der Waals surface area contributed by atoms with Gasteiger partial charge in [-0.3, -0.25) is 4.79 Å². The van der Waals surface area contributed by atoms with Crippen LogP contribution in [0.3, 0.4) is 0 Å². The summed E-state index contributed by atoms with van der Waals surface area (Å²) < 4.78 is 0. The first-order valence-corrected chi connectivity index (χ1v) is 4.89. The van der Waals surface area contributed by atoms with Gasteiger partial charge in [-0.2, -0.15) is 0 Å². The van der Waals surface area contributed by atoms with Crippen LogP contribution in [0.1, 0.15) is 6.42 Å². The molecule has 1 atom stereocenters. The van der Waals surface area contributed by atoms with Crippen LogP contribution < -0.4 is 10.6 Å². The van der Waals surface area contributed by atoms with E-state index in [1.807, 2.05) is 12.1 Å². The van der Waals surface area contributed by atoms with Crippen molar-refractivity contribution in [2.45, 2.75) is 12.5 Å². The van der Waals surface area contributed by atoms with Crippen LogP contribution in [0.25, 0.3) is 0 Å². The average molecular weight is 211 g/mol. The summed E-state index contributed by atoms with van der Waals surface area (Å²) in [5.41, 5.74) is 6.49. The molecule has 1 unspecified atom stereocenters. The summed E-state index contributed by atoms with van der Waals surface area (Å²) in [6.45, 7) is 0.696. The molecule has 3 nitrogen and oxygen atoms in total. The Kier molecular flexibility index (Phi) is 2.44. The van der Waals surface area contributed by atoms with E-state index in [4.69, 9.17) is 17.3 Å². The molecule has 0 aliphatic carbocycles. The summed E-state index contributed by atoms with van der Waals surface area (Å²) in [7, 11) is 0. The fraction of sp³-hybridized carbons (Fsp3) is 0.300. The Labute approximate surface area is 87.4 Å². The minimum absolute atomic E-state index is 0.00711. The summed E-state index contributed by atoms with van der Waals surface area (Å²) >= 11 is 5.76. The summed E-state index contributed by atoms with van der Waals surface area (Å²) in [6, 6.07) is 6.86. The minimum Gasteiger partial charge on any atom is -0.320 e. The Morgan fingerprint density at radius 2 is 2.00 bits per heavy atom. The highest BCUT2D eigenvalue weighted by molar-refractivity contribution is 6.30. The topological polar surface area (TPSA) is 46.3 Å². The molecule has 1 heterocycles. The lowest BCUT2D eigenvalue weighted by Gasteiger charge is -2.15. The van der Waals surface area contributed by atoms with Crippen molar-refractivity contribution in [2.24, 2.45) is 5.73 Å². The number of amides is 1. The zero-order valence-corrected chi connectivity index (χ0v) is 8.37. The average Bonchev–Trinajstić information content (AvgIpc) is 2.50. The highest BCUT2D eigenvalue weighted by Crippen LogP contribution is 2.22. The lowest BCUT2D eigenvalue weighted by atomic mass is 10.3. The SMILES string of the molecule is NC1CCN(c2ccc(Cl)cc2)C1=O. The van der Waals surface area contributed by atoms with Gasteiger partial charge in [0.1, 0.15) is 0 Å². The molecular weight excluding hydrogens is 200 g/mol. The second-order valence-corrected chi connectivity index (χ2v) is 3.80. The maximum absolute atomic E-state index is 11.6. The van der Waals surface area contributed by atoms with Crippen LogP contribution in [0.15, 0.2) is 24.3 Å². The molecule has 0 radical (unpaired) electrons. The second-order valence-electron chi connectivity index (χ2n) is 3.36. The van der Waals surface area contributed by atoms with E-state index >= 15 is 0 Å². The molecule has 74 valence electrons. The number of nitrogens with two attached hydrogens (primary N) is 1. The molecule has 2 rings (SSSR count). The molecule has 0 saturated carbocycles. The predicted octanol–water partition coefficient (Wildman–Crippen LogP) is 1.40. The van der Waals surface area contributed by atoms with E-state index < -0.39 is 0 Å². The first-order chi connectivity index (χ1) is 6.68.